The Balaban J connectivity index is 2.01. The number of amides is 2. The van der Waals surface area contributed by atoms with Crippen molar-refractivity contribution in [2.45, 2.75) is 31.2 Å². The number of thioether (sulfide) groups is 1. The topological polar surface area (TPSA) is 77.1 Å². The fourth-order valence-corrected chi connectivity index (χ4v) is 5.13. The molecule has 1 aliphatic heterocycles. The van der Waals surface area contributed by atoms with Gasteiger partial charge in [-0.05, 0) is 36.2 Å². The zero-order valence-electron chi connectivity index (χ0n) is 19.2. The smallest absolute Gasteiger partial charge is 0.256 e. The van der Waals surface area contributed by atoms with Gasteiger partial charge in [-0.25, -0.2) is 4.39 Å². The highest BCUT2D eigenvalue weighted by Gasteiger charge is 2.43. The molecule has 1 fully saturated rings. The standard InChI is InChI=1S/C24H29FN2O5S/c1-5-6-11-26-22(28)18-14-33-24(15-7-9-17(25)10-8-15)27(18)23(29)16-12-19(30-2)21(32-4)20(13-16)31-3/h7-10,12-13,18,24H,5-6,11,14H2,1-4H3,(H,26,28). The molecule has 0 radical (unpaired) electrons. The van der Waals surface area contributed by atoms with Gasteiger partial charge in [-0.3, -0.25) is 9.59 Å². The van der Waals surface area contributed by atoms with Crippen LogP contribution in [0, 0.1) is 5.82 Å². The van der Waals surface area contributed by atoms with Crippen molar-refractivity contribution in [2.24, 2.45) is 0 Å². The summed E-state index contributed by atoms with van der Waals surface area (Å²) in [5, 5.41) is 2.49. The predicted molar refractivity (Wildman–Crippen MR) is 126 cm³/mol. The molecule has 9 heteroatoms. The number of nitrogens with one attached hydrogen (secondary N) is 1. The van der Waals surface area contributed by atoms with Gasteiger partial charge < -0.3 is 24.4 Å². The Morgan fingerprint density at radius 2 is 1.73 bits per heavy atom. The normalized spacial score (nSPS) is 17.5. The average molecular weight is 477 g/mol. The fourth-order valence-electron chi connectivity index (χ4n) is 3.70. The Bertz CT molecular complexity index is 960. The van der Waals surface area contributed by atoms with E-state index in [1.807, 2.05) is 6.92 Å². The van der Waals surface area contributed by atoms with Crippen LogP contribution in [0.4, 0.5) is 4.39 Å². The Morgan fingerprint density at radius 3 is 2.27 bits per heavy atom. The van der Waals surface area contributed by atoms with Crippen molar-refractivity contribution in [3.8, 4) is 17.2 Å². The van der Waals surface area contributed by atoms with E-state index in [0.29, 0.717) is 35.1 Å². The minimum absolute atomic E-state index is 0.207. The molecule has 178 valence electrons. The van der Waals surface area contributed by atoms with Crippen molar-refractivity contribution < 1.29 is 28.2 Å². The van der Waals surface area contributed by atoms with Crippen LogP contribution in [0.5, 0.6) is 17.2 Å². The maximum atomic E-state index is 13.8. The van der Waals surface area contributed by atoms with Gasteiger partial charge in [-0.15, -0.1) is 11.8 Å². The number of methoxy groups -OCH3 is 3. The van der Waals surface area contributed by atoms with Crippen LogP contribution in [0.3, 0.4) is 0 Å². The molecule has 33 heavy (non-hydrogen) atoms. The quantitative estimate of drug-likeness (QED) is 0.551. The summed E-state index contributed by atoms with van der Waals surface area (Å²) >= 11 is 1.47. The Kier molecular flexibility index (Phi) is 8.43. The summed E-state index contributed by atoms with van der Waals surface area (Å²) in [6.45, 7) is 2.59. The molecule has 1 aliphatic rings. The summed E-state index contributed by atoms with van der Waals surface area (Å²) in [5.74, 6) is 0.555. The van der Waals surface area contributed by atoms with E-state index in [1.165, 1.54) is 45.2 Å². The zero-order chi connectivity index (χ0) is 24.0. The van der Waals surface area contributed by atoms with E-state index >= 15 is 0 Å². The van der Waals surface area contributed by atoms with E-state index in [2.05, 4.69) is 5.32 Å². The monoisotopic (exact) mass is 476 g/mol. The molecule has 7 nitrogen and oxygen atoms in total. The van der Waals surface area contributed by atoms with Gasteiger partial charge in [0.2, 0.25) is 11.7 Å². The molecule has 1 heterocycles. The molecule has 1 saturated heterocycles. The first-order chi connectivity index (χ1) is 15.9. The summed E-state index contributed by atoms with van der Waals surface area (Å²) < 4.78 is 29.7. The van der Waals surface area contributed by atoms with Crippen LogP contribution in [-0.2, 0) is 4.79 Å². The van der Waals surface area contributed by atoms with Crippen molar-refractivity contribution in [3.63, 3.8) is 0 Å². The van der Waals surface area contributed by atoms with E-state index in [0.717, 1.165) is 18.4 Å². The van der Waals surface area contributed by atoms with Crippen molar-refractivity contribution in [3.05, 3.63) is 53.3 Å². The molecule has 0 saturated carbocycles. The third kappa shape index (κ3) is 5.35. The molecule has 2 aromatic carbocycles. The molecule has 0 aromatic heterocycles. The van der Waals surface area contributed by atoms with Gasteiger partial charge in [0.25, 0.3) is 5.91 Å². The van der Waals surface area contributed by atoms with Crippen molar-refractivity contribution >= 4 is 23.6 Å². The van der Waals surface area contributed by atoms with E-state index < -0.39 is 11.4 Å². The molecule has 0 aliphatic carbocycles. The number of carbonyl (C=O) groups is 2. The van der Waals surface area contributed by atoms with Crippen LogP contribution >= 0.6 is 11.8 Å². The van der Waals surface area contributed by atoms with E-state index in [-0.39, 0.29) is 17.6 Å². The van der Waals surface area contributed by atoms with Gasteiger partial charge in [0, 0.05) is 17.9 Å². The van der Waals surface area contributed by atoms with Gasteiger partial charge in [-0.2, -0.15) is 0 Å². The van der Waals surface area contributed by atoms with Crippen LogP contribution < -0.4 is 19.5 Å². The zero-order valence-corrected chi connectivity index (χ0v) is 20.0. The lowest BCUT2D eigenvalue weighted by molar-refractivity contribution is -0.124. The van der Waals surface area contributed by atoms with Gasteiger partial charge in [0.05, 0.1) is 21.3 Å². The number of hydrogen-bond acceptors (Lipinski definition) is 6. The molecule has 2 aromatic rings. The maximum Gasteiger partial charge on any atom is 0.256 e. The van der Waals surface area contributed by atoms with Gasteiger partial charge in [-0.1, -0.05) is 25.5 Å². The molecule has 0 spiro atoms. The number of hydrogen-bond donors (Lipinski definition) is 1. The number of benzene rings is 2. The second-order valence-electron chi connectivity index (χ2n) is 7.52. The summed E-state index contributed by atoms with van der Waals surface area (Å²) in [6.07, 6.45) is 1.81. The third-order valence-corrected chi connectivity index (χ3v) is 6.76. The van der Waals surface area contributed by atoms with Crippen LogP contribution in [0.2, 0.25) is 0 Å². The van der Waals surface area contributed by atoms with Crippen LogP contribution in [0.1, 0.15) is 41.1 Å². The molecule has 0 bridgehead atoms. The van der Waals surface area contributed by atoms with Crippen LogP contribution in [-0.4, -0.2) is 56.4 Å². The average Bonchev–Trinajstić information content (AvgIpc) is 3.28. The highest BCUT2D eigenvalue weighted by atomic mass is 32.2. The molecular formula is C24H29FN2O5S. The lowest BCUT2D eigenvalue weighted by Crippen LogP contribution is -2.48. The third-order valence-electron chi connectivity index (χ3n) is 5.43. The molecule has 2 amide bonds. The van der Waals surface area contributed by atoms with Crippen molar-refractivity contribution in [1.82, 2.24) is 10.2 Å². The predicted octanol–water partition coefficient (Wildman–Crippen LogP) is 4.02. The Morgan fingerprint density at radius 1 is 1.09 bits per heavy atom. The van der Waals surface area contributed by atoms with Crippen LogP contribution in [0.25, 0.3) is 0 Å². The number of carbonyl (C=O) groups excluding carboxylic acids is 2. The molecule has 1 N–H and O–H groups in total. The fraction of sp³-hybridized carbons (Fsp3) is 0.417. The summed E-state index contributed by atoms with van der Waals surface area (Å²) in [7, 11) is 4.44. The first kappa shape index (κ1) is 24.7. The lowest BCUT2D eigenvalue weighted by Gasteiger charge is -2.29. The SMILES string of the molecule is CCCCNC(=O)C1CSC(c2ccc(F)cc2)N1C(=O)c1cc(OC)c(OC)c(OC)c1. The second-order valence-corrected chi connectivity index (χ2v) is 8.64. The number of rotatable bonds is 9. The first-order valence-electron chi connectivity index (χ1n) is 10.7. The largest absolute Gasteiger partial charge is 0.493 e. The maximum absolute atomic E-state index is 13.8. The summed E-state index contributed by atoms with van der Waals surface area (Å²) in [6, 6.07) is 8.45. The summed E-state index contributed by atoms with van der Waals surface area (Å²) in [5.41, 5.74) is 1.04. The number of nitrogens with zero attached hydrogens (tertiary/aromatic N) is 1. The molecular weight excluding hydrogens is 447 g/mol. The minimum Gasteiger partial charge on any atom is -0.493 e. The van der Waals surface area contributed by atoms with Crippen molar-refractivity contribution in [2.75, 3.05) is 33.6 Å². The Labute approximate surface area is 197 Å². The van der Waals surface area contributed by atoms with E-state index in [1.54, 1.807) is 29.2 Å². The summed E-state index contributed by atoms with van der Waals surface area (Å²) in [4.78, 5) is 28.3. The van der Waals surface area contributed by atoms with Crippen molar-refractivity contribution in [1.29, 1.82) is 0 Å². The Hall–Kier alpha value is -2.94. The lowest BCUT2D eigenvalue weighted by atomic mass is 10.1. The highest BCUT2D eigenvalue weighted by Crippen LogP contribution is 2.44. The second kappa shape index (κ2) is 11.3. The van der Waals surface area contributed by atoms with Crippen LogP contribution in [0.15, 0.2) is 36.4 Å². The van der Waals surface area contributed by atoms with Gasteiger partial charge >= 0.3 is 0 Å². The van der Waals surface area contributed by atoms with E-state index in [4.69, 9.17) is 14.2 Å². The number of unbranched alkanes of at least 4 members (excludes halogenated alkanes) is 1. The first-order valence-corrected chi connectivity index (χ1v) is 11.8. The molecule has 2 unspecified atom stereocenters. The molecule has 3 rings (SSSR count). The van der Waals surface area contributed by atoms with Gasteiger partial charge in [0.15, 0.2) is 11.5 Å². The van der Waals surface area contributed by atoms with Gasteiger partial charge in [0.1, 0.15) is 17.2 Å². The van der Waals surface area contributed by atoms with E-state index in [9.17, 15) is 14.0 Å². The molecule has 2 atom stereocenters. The minimum atomic E-state index is -0.673. The number of ether oxygens (including phenoxy) is 3. The number of halogens is 1. The highest BCUT2D eigenvalue weighted by molar-refractivity contribution is 7.99.